The van der Waals surface area contributed by atoms with Crippen molar-refractivity contribution in [3.05, 3.63) is 58.2 Å². The zero-order valence-corrected chi connectivity index (χ0v) is 25.0. The molecule has 0 aromatic heterocycles. The van der Waals surface area contributed by atoms with Crippen LogP contribution >= 0.6 is 27.5 Å². The predicted octanol–water partition coefficient (Wildman–Crippen LogP) is 6.91. The number of carbonyl (C=O) groups excluding carboxylic acids is 2. The minimum atomic E-state index is -0.503. The normalized spacial score (nSPS) is 16.6. The highest BCUT2D eigenvalue weighted by molar-refractivity contribution is 9.11. The molecule has 210 valence electrons. The topological polar surface area (TPSA) is 86.4 Å². The van der Waals surface area contributed by atoms with E-state index in [1.54, 1.807) is 29.2 Å². The molecule has 2 aliphatic heterocycles. The zero-order chi connectivity index (χ0) is 28.2. The first-order valence-corrected chi connectivity index (χ1v) is 14.1. The summed E-state index contributed by atoms with van der Waals surface area (Å²) < 4.78 is 12.9. The number of likely N-dealkylation sites (tertiary alicyclic amines) is 1. The number of carbonyl (C=O) groups is 2. The summed E-state index contributed by atoms with van der Waals surface area (Å²) >= 11 is 9.52. The standard InChI is InChI=1S/C28H35BrClN5O4/c1-28(2,3)39-27(37)34-13-11-19(12-14-34)18-38-25-10-9-23(15-24(25)35-17-20(29)16-33(35)4)32-26(36)31-22-7-5-21(30)6-8-22/h5-10,15,17,19H,11-14,16,18H2,1-4H3,(H2,31,32,36). The molecule has 2 heterocycles. The van der Waals surface area contributed by atoms with Gasteiger partial charge in [-0.2, -0.15) is 0 Å². The van der Waals surface area contributed by atoms with Gasteiger partial charge in [0, 0.05) is 47.2 Å². The molecule has 0 bridgehead atoms. The second-order valence-electron chi connectivity index (χ2n) is 10.7. The average Bonchev–Trinajstić information content (AvgIpc) is 3.21. The number of anilines is 3. The maximum atomic E-state index is 12.6. The first kappa shape index (κ1) is 29.0. The monoisotopic (exact) mass is 619 g/mol. The summed E-state index contributed by atoms with van der Waals surface area (Å²) in [7, 11) is 1.98. The average molecular weight is 621 g/mol. The van der Waals surface area contributed by atoms with E-state index in [0.717, 1.165) is 29.6 Å². The molecule has 1 fully saturated rings. The number of amides is 3. The minimum Gasteiger partial charge on any atom is -0.491 e. The maximum Gasteiger partial charge on any atom is 0.410 e. The fourth-order valence-corrected chi connectivity index (χ4v) is 5.04. The van der Waals surface area contributed by atoms with Crippen molar-refractivity contribution in [2.24, 2.45) is 5.92 Å². The van der Waals surface area contributed by atoms with Gasteiger partial charge in [0.05, 0.1) is 13.2 Å². The lowest BCUT2D eigenvalue weighted by Gasteiger charge is -2.33. The van der Waals surface area contributed by atoms with Crippen LogP contribution in [0, 0.1) is 5.92 Å². The van der Waals surface area contributed by atoms with Crippen molar-refractivity contribution in [1.29, 1.82) is 0 Å². The lowest BCUT2D eigenvalue weighted by atomic mass is 9.98. The molecular weight excluding hydrogens is 586 g/mol. The van der Waals surface area contributed by atoms with E-state index in [0.29, 0.717) is 47.8 Å². The Morgan fingerprint density at radius 2 is 1.69 bits per heavy atom. The number of nitrogens with zero attached hydrogens (tertiary/aromatic N) is 3. The molecule has 0 atom stereocenters. The predicted molar refractivity (Wildman–Crippen MR) is 159 cm³/mol. The van der Waals surface area contributed by atoms with Crippen LogP contribution < -0.4 is 20.4 Å². The van der Waals surface area contributed by atoms with E-state index in [1.165, 1.54) is 0 Å². The molecule has 0 saturated carbocycles. The first-order valence-electron chi connectivity index (χ1n) is 12.9. The number of nitrogens with one attached hydrogen (secondary N) is 2. The summed E-state index contributed by atoms with van der Waals surface area (Å²) in [5.41, 5.74) is 1.57. The van der Waals surface area contributed by atoms with Gasteiger partial charge in [0.2, 0.25) is 0 Å². The number of rotatable bonds is 6. The van der Waals surface area contributed by atoms with Crippen LogP contribution in [0.2, 0.25) is 5.02 Å². The van der Waals surface area contributed by atoms with Gasteiger partial charge in [-0.05, 0) is 82.0 Å². The summed E-state index contributed by atoms with van der Waals surface area (Å²) in [6.45, 7) is 8.17. The molecule has 3 amide bonds. The van der Waals surface area contributed by atoms with Gasteiger partial charge in [0.1, 0.15) is 17.0 Å². The van der Waals surface area contributed by atoms with Crippen LogP contribution in [-0.2, 0) is 4.74 Å². The van der Waals surface area contributed by atoms with E-state index in [-0.39, 0.29) is 12.1 Å². The van der Waals surface area contributed by atoms with Crippen LogP contribution in [0.3, 0.4) is 0 Å². The van der Waals surface area contributed by atoms with Crippen LogP contribution in [0.5, 0.6) is 5.75 Å². The number of hydrogen-bond acceptors (Lipinski definition) is 6. The summed E-state index contributed by atoms with van der Waals surface area (Å²) in [5, 5.41) is 10.3. The highest BCUT2D eigenvalue weighted by atomic mass is 79.9. The molecule has 2 aromatic carbocycles. The van der Waals surface area contributed by atoms with E-state index in [4.69, 9.17) is 21.1 Å². The fourth-order valence-electron chi connectivity index (χ4n) is 4.36. The van der Waals surface area contributed by atoms with E-state index in [1.807, 2.05) is 62.2 Å². The molecule has 11 heteroatoms. The van der Waals surface area contributed by atoms with Crippen molar-refractivity contribution in [3.8, 4) is 5.75 Å². The fraction of sp³-hybridized carbons (Fsp3) is 0.429. The largest absolute Gasteiger partial charge is 0.491 e. The number of urea groups is 1. The second-order valence-corrected chi connectivity index (χ2v) is 12.2. The third-order valence-electron chi connectivity index (χ3n) is 6.32. The Kier molecular flexibility index (Phi) is 9.30. The molecule has 0 spiro atoms. The van der Waals surface area contributed by atoms with Crippen LogP contribution in [0.4, 0.5) is 26.7 Å². The molecule has 2 aliphatic rings. The van der Waals surface area contributed by atoms with Crippen molar-refractivity contribution >= 4 is 56.7 Å². The number of likely N-dealkylation sites (N-methyl/N-ethyl adjacent to an activating group) is 1. The molecular formula is C28H35BrClN5O4. The van der Waals surface area contributed by atoms with Crippen LogP contribution in [0.1, 0.15) is 33.6 Å². The van der Waals surface area contributed by atoms with Gasteiger partial charge in [-0.3, -0.25) is 5.01 Å². The molecule has 2 aromatic rings. The SMILES string of the molecule is CN1CC(Br)=CN1c1cc(NC(=O)Nc2ccc(Cl)cc2)ccc1OCC1CCN(C(=O)OC(C)(C)C)CC1. The lowest BCUT2D eigenvalue weighted by molar-refractivity contribution is 0.0165. The molecule has 9 nitrogen and oxygen atoms in total. The number of ether oxygens (including phenoxy) is 2. The number of benzene rings is 2. The van der Waals surface area contributed by atoms with Crippen molar-refractivity contribution in [3.63, 3.8) is 0 Å². The third-order valence-corrected chi connectivity index (χ3v) is 7.02. The Hall–Kier alpha value is -2.95. The Morgan fingerprint density at radius 1 is 1.05 bits per heavy atom. The molecule has 4 rings (SSSR count). The van der Waals surface area contributed by atoms with Crippen molar-refractivity contribution in [2.75, 3.05) is 48.9 Å². The highest BCUT2D eigenvalue weighted by Gasteiger charge is 2.28. The quantitative estimate of drug-likeness (QED) is 0.365. The Bertz CT molecular complexity index is 1210. The zero-order valence-electron chi connectivity index (χ0n) is 22.7. The van der Waals surface area contributed by atoms with Gasteiger partial charge in [0.15, 0.2) is 0 Å². The van der Waals surface area contributed by atoms with Gasteiger partial charge < -0.3 is 25.0 Å². The van der Waals surface area contributed by atoms with Crippen LogP contribution in [0.25, 0.3) is 0 Å². The Morgan fingerprint density at radius 3 is 2.31 bits per heavy atom. The lowest BCUT2D eigenvalue weighted by Crippen LogP contribution is -2.42. The number of piperidine rings is 1. The van der Waals surface area contributed by atoms with E-state index in [2.05, 4.69) is 26.6 Å². The highest BCUT2D eigenvalue weighted by Crippen LogP contribution is 2.36. The van der Waals surface area contributed by atoms with Gasteiger partial charge in [0.25, 0.3) is 0 Å². The molecule has 0 unspecified atom stereocenters. The molecule has 2 N–H and O–H groups in total. The van der Waals surface area contributed by atoms with E-state index >= 15 is 0 Å². The van der Waals surface area contributed by atoms with Gasteiger partial charge in [-0.25, -0.2) is 14.6 Å². The molecule has 39 heavy (non-hydrogen) atoms. The number of halogens is 2. The molecule has 1 saturated heterocycles. The Balaban J connectivity index is 1.40. The maximum absolute atomic E-state index is 12.6. The van der Waals surface area contributed by atoms with Crippen LogP contribution in [0.15, 0.2) is 53.1 Å². The van der Waals surface area contributed by atoms with Crippen molar-refractivity contribution < 1.29 is 19.1 Å². The van der Waals surface area contributed by atoms with E-state index < -0.39 is 5.60 Å². The van der Waals surface area contributed by atoms with Gasteiger partial charge in [-0.1, -0.05) is 27.5 Å². The summed E-state index contributed by atoms with van der Waals surface area (Å²) in [6, 6.07) is 12.1. The summed E-state index contributed by atoms with van der Waals surface area (Å²) in [5.74, 6) is 1.02. The second kappa shape index (κ2) is 12.5. The number of hydrogen-bond donors (Lipinski definition) is 2. The van der Waals surface area contributed by atoms with Crippen molar-refractivity contribution in [2.45, 2.75) is 39.2 Å². The smallest absolute Gasteiger partial charge is 0.410 e. The van der Waals surface area contributed by atoms with Crippen molar-refractivity contribution in [1.82, 2.24) is 9.91 Å². The summed E-state index contributed by atoms with van der Waals surface area (Å²) in [6.07, 6.45) is 3.41. The molecule has 0 radical (unpaired) electrons. The summed E-state index contributed by atoms with van der Waals surface area (Å²) in [4.78, 5) is 26.8. The first-order chi connectivity index (χ1) is 18.5. The number of hydrazine groups is 1. The van der Waals surface area contributed by atoms with E-state index in [9.17, 15) is 9.59 Å². The van der Waals surface area contributed by atoms with Gasteiger partial charge in [-0.15, -0.1) is 0 Å². The van der Waals surface area contributed by atoms with Crippen LogP contribution in [-0.4, -0.2) is 60.9 Å². The third kappa shape index (κ3) is 8.27. The molecule has 0 aliphatic carbocycles. The van der Waals surface area contributed by atoms with Gasteiger partial charge >= 0.3 is 12.1 Å². The Labute approximate surface area is 243 Å². The minimum absolute atomic E-state index is 0.262.